The number of thiazole rings is 1. The third-order valence-electron chi connectivity index (χ3n) is 2.89. The van der Waals surface area contributed by atoms with Crippen LogP contribution in [0.1, 0.15) is 0 Å². The van der Waals surface area contributed by atoms with Gasteiger partial charge in [-0.1, -0.05) is 35.5 Å². The summed E-state index contributed by atoms with van der Waals surface area (Å²) in [5.41, 5.74) is 1.77. The number of carbonyl (C=O) groups excluding carboxylic acids is 1. The molecule has 118 valence electrons. The lowest BCUT2D eigenvalue weighted by atomic mass is 10.2. The van der Waals surface area contributed by atoms with E-state index in [-0.39, 0.29) is 11.7 Å². The summed E-state index contributed by atoms with van der Waals surface area (Å²) >= 11 is 8.58. The zero-order chi connectivity index (χ0) is 16.2. The minimum Gasteiger partial charge on any atom is -0.312 e. The molecule has 0 aliphatic heterocycles. The molecule has 0 fully saturated rings. The standard InChI is InChI=1S/C14H12ClN5OS2/c1-20-8-16-19-14(20)23-7-12(21)18-13-17-11(6-22-13)9-2-4-10(15)5-3-9/h2-6,8H,7H2,1H3,(H,17,18,21). The van der Waals surface area contributed by atoms with E-state index in [1.165, 1.54) is 23.1 Å². The highest BCUT2D eigenvalue weighted by molar-refractivity contribution is 7.99. The van der Waals surface area contributed by atoms with Crippen LogP contribution < -0.4 is 5.32 Å². The third-order valence-corrected chi connectivity index (χ3v) is 4.94. The molecule has 0 saturated heterocycles. The van der Waals surface area contributed by atoms with Crippen LogP contribution in [0.25, 0.3) is 11.3 Å². The van der Waals surface area contributed by atoms with E-state index in [0.29, 0.717) is 15.3 Å². The Hall–Kier alpha value is -1.90. The molecular weight excluding hydrogens is 354 g/mol. The molecule has 0 spiro atoms. The molecule has 3 rings (SSSR count). The molecule has 0 bridgehead atoms. The van der Waals surface area contributed by atoms with Gasteiger partial charge in [0.2, 0.25) is 5.91 Å². The monoisotopic (exact) mass is 365 g/mol. The van der Waals surface area contributed by atoms with E-state index in [9.17, 15) is 4.79 Å². The topological polar surface area (TPSA) is 72.7 Å². The van der Waals surface area contributed by atoms with Crippen LogP contribution in [0.15, 0.2) is 41.1 Å². The first-order valence-electron chi connectivity index (χ1n) is 6.60. The average Bonchev–Trinajstić information content (AvgIpc) is 3.15. The van der Waals surface area contributed by atoms with Crippen LogP contribution in [0, 0.1) is 0 Å². The van der Waals surface area contributed by atoms with Gasteiger partial charge in [0.05, 0.1) is 11.4 Å². The van der Waals surface area contributed by atoms with Crippen molar-refractivity contribution in [2.24, 2.45) is 7.05 Å². The molecule has 0 aliphatic rings. The van der Waals surface area contributed by atoms with Gasteiger partial charge in [-0.25, -0.2) is 4.98 Å². The second kappa shape index (κ2) is 7.12. The number of aryl methyl sites for hydroxylation is 1. The van der Waals surface area contributed by atoms with Crippen LogP contribution in [0.2, 0.25) is 5.02 Å². The van der Waals surface area contributed by atoms with Gasteiger partial charge in [0.15, 0.2) is 10.3 Å². The van der Waals surface area contributed by atoms with Gasteiger partial charge in [0.1, 0.15) is 6.33 Å². The summed E-state index contributed by atoms with van der Waals surface area (Å²) in [5, 5.41) is 14.3. The van der Waals surface area contributed by atoms with Crippen molar-refractivity contribution in [3.8, 4) is 11.3 Å². The lowest BCUT2D eigenvalue weighted by Gasteiger charge is -2.01. The van der Waals surface area contributed by atoms with Gasteiger partial charge in [-0.2, -0.15) is 0 Å². The minimum absolute atomic E-state index is 0.130. The van der Waals surface area contributed by atoms with Crippen LogP contribution in [-0.2, 0) is 11.8 Å². The molecule has 1 N–H and O–H groups in total. The predicted octanol–water partition coefficient (Wildman–Crippen LogP) is 3.32. The highest BCUT2D eigenvalue weighted by Gasteiger charge is 2.10. The Morgan fingerprint density at radius 2 is 2.17 bits per heavy atom. The molecule has 0 saturated carbocycles. The molecule has 1 aromatic carbocycles. The van der Waals surface area contributed by atoms with Crippen LogP contribution in [0.3, 0.4) is 0 Å². The summed E-state index contributed by atoms with van der Waals surface area (Å²) in [6.45, 7) is 0. The minimum atomic E-state index is -0.130. The van der Waals surface area contributed by atoms with Crippen molar-refractivity contribution in [2.45, 2.75) is 5.16 Å². The summed E-state index contributed by atoms with van der Waals surface area (Å²) in [4.78, 5) is 16.4. The van der Waals surface area contributed by atoms with Crippen molar-refractivity contribution in [1.29, 1.82) is 0 Å². The number of carbonyl (C=O) groups is 1. The number of rotatable bonds is 5. The van der Waals surface area contributed by atoms with Crippen LogP contribution >= 0.6 is 34.7 Å². The number of amides is 1. The van der Waals surface area contributed by atoms with Gasteiger partial charge < -0.3 is 9.88 Å². The number of aromatic nitrogens is 4. The quantitative estimate of drug-likeness (QED) is 0.702. The Balaban J connectivity index is 1.59. The van der Waals surface area contributed by atoms with E-state index in [0.717, 1.165) is 11.3 Å². The zero-order valence-electron chi connectivity index (χ0n) is 12.1. The molecular formula is C14H12ClN5OS2. The fraction of sp³-hybridized carbons (Fsp3) is 0.143. The molecule has 2 aromatic heterocycles. The number of hydrogen-bond donors (Lipinski definition) is 1. The molecule has 0 unspecified atom stereocenters. The van der Waals surface area contributed by atoms with Gasteiger partial charge >= 0.3 is 0 Å². The highest BCUT2D eigenvalue weighted by atomic mass is 35.5. The zero-order valence-corrected chi connectivity index (χ0v) is 14.5. The first-order chi connectivity index (χ1) is 11.1. The Morgan fingerprint density at radius 1 is 1.39 bits per heavy atom. The van der Waals surface area contributed by atoms with Crippen LogP contribution in [-0.4, -0.2) is 31.4 Å². The van der Waals surface area contributed by atoms with E-state index in [2.05, 4.69) is 20.5 Å². The van der Waals surface area contributed by atoms with E-state index in [4.69, 9.17) is 11.6 Å². The number of anilines is 1. The summed E-state index contributed by atoms with van der Waals surface area (Å²) in [5.74, 6) is 0.123. The molecule has 1 amide bonds. The van der Waals surface area contributed by atoms with Crippen molar-refractivity contribution in [3.63, 3.8) is 0 Å². The first-order valence-corrected chi connectivity index (χ1v) is 8.84. The Kier molecular flexibility index (Phi) is 4.94. The number of thioether (sulfide) groups is 1. The molecule has 0 radical (unpaired) electrons. The lowest BCUT2D eigenvalue weighted by Crippen LogP contribution is -2.14. The summed E-state index contributed by atoms with van der Waals surface area (Å²) in [6.07, 6.45) is 1.60. The Bertz CT molecular complexity index is 815. The van der Waals surface area contributed by atoms with Crippen LogP contribution in [0.5, 0.6) is 0 Å². The average molecular weight is 366 g/mol. The van der Waals surface area contributed by atoms with Crippen molar-refractivity contribution in [3.05, 3.63) is 41.0 Å². The number of halogens is 1. The molecule has 9 heteroatoms. The van der Waals surface area contributed by atoms with E-state index in [1.807, 2.05) is 36.7 Å². The van der Waals surface area contributed by atoms with Crippen molar-refractivity contribution >= 4 is 45.7 Å². The van der Waals surface area contributed by atoms with Gasteiger partial charge in [0, 0.05) is 23.0 Å². The van der Waals surface area contributed by atoms with Gasteiger partial charge in [0.25, 0.3) is 0 Å². The number of benzene rings is 1. The summed E-state index contributed by atoms with van der Waals surface area (Å²) < 4.78 is 1.76. The van der Waals surface area contributed by atoms with E-state index < -0.39 is 0 Å². The molecule has 6 nitrogen and oxygen atoms in total. The maximum atomic E-state index is 12.0. The highest BCUT2D eigenvalue weighted by Crippen LogP contribution is 2.26. The lowest BCUT2D eigenvalue weighted by molar-refractivity contribution is -0.113. The number of hydrogen-bond acceptors (Lipinski definition) is 6. The maximum absolute atomic E-state index is 12.0. The Morgan fingerprint density at radius 3 is 2.87 bits per heavy atom. The van der Waals surface area contributed by atoms with Crippen molar-refractivity contribution < 1.29 is 4.79 Å². The van der Waals surface area contributed by atoms with Crippen LogP contribution in [0.4, 0.5) is 5.13 Å². The molecule has 0 aliphatic carbocycles. The van der Waals surface area contributed by atoms with Crippen molar-refractivity contribution in [1.82, 2.24) is 19.7 Å². The second-order valence-electron chi connectivity index (χ2n) is 4.61. The normalized spacial score (nSPS) is 10.7. The molecule has 2 heterocycles. The summed E-state index contributed by atoms with van der Waals surface area (Å²) in [6, 6.07) is 7.41. The Labute approximate surface area is 145 Å². The maximum Gasteiger partial charge on any atom is 0.236 e. The first kappa shape index (κ1) is 16.0. The molecule has 23 heavy (non-hydrogen) atoms. The van der Waals surface area contributed by atoms with Gasteiger partial charge in [-0.15, -0.1) is 21.5 Å². The number of nitrogens with one attached hydrogen (secondary N) is 1. The fourth-order valence-electron chi connectivity index (χ4n) is 1.77. The summed E-state index contributed by atoms with van der Waals surface area (Å²) in [7, 11) is 1.83. The van der Waals surface area contributed by atoms with Crippen molar-refractivity contribution in [2.75, 3.05) is 11.1 Å². The third kappa shape index (κ3) is 4.10. The van der Waals surface area contributed by atoms with Gasteiger partial charge in [-0.05, 0) is 12.1 Å². The number of nitrogens with zero attached hydrogens (tertiary/aromatic N) is 4. The predicted molar refractivity (Wildman–Crippen MR) is 92.9 cm³/mol. The van der Waals surface area contributed by atoms with E-state index >= 15 is 0 Å². The van der Waals surface area contributed by atoms with Gasteiger partial charge in [-0.3, -0.25) is 4.79 Å². The largest absolute Gasteiger partial charge is 0.312 e. The fourth-order valence-corrected chi connectivity index (χ4v) is 3.32. The van der Waals surface area contributed by atoms with E-state index in [1.54, 1.807) is 10.9 Å². The molecule has 0 atom stereocenters. The molecule has 3 aromatic rings. The SMILES string of the molecule is Cn1cnnc1SCC(=O)Nc1nc(-c2ccc(Cl)cc2)cs1. The second-order valence-corrected chi connectivity index (χ2v) is 6.84. The smallest absolute Gasteiger partial charge is 0.236 e.